The van der Waals surface area contributed by atoms with Gasteiger partial charge in [-0.15, -0.1) is 10.2 Å². The van der Waals surface area contributed by atoms with Gasteiger partial charge in [-0.05, 0) is 51.8 Å². The van der Waals surface area contributed by atoms with Gasteiger partial charge in [-0.2, -0.15) is 0 Å². The zero-order valence-electron chi connectivity index (χ0n) is 11.9. The van der Waals surface area contributed by atoms with Crippen LogP contribution in [0.25, 0.3) is 23.6 Å². The molecule has 0 aliphatic heterocycles. The van der Waals surface area contributed by atoms with Crippen molar-refractivity contribution in [3.63, 3.8) is 0 Å². The van der Waals surface area contributed by atoms with E-state index in [1.807, 2.05) is 54.6 Å². The molecular weight excluding hydrogens is 344 g/mol. The van der Waals surface area contributed by atoms with Crippen LogP contribution < -0.4 is 4.74 Å². The van der Waals surface area contributed by atoms with Crippen molar-refractivity contribution in [2.75, 3.05) is 7.11 Å². The van der Waals surface area contributed by atoms with Crippen molar-refractivity contribution in [1.29, 1.82) is 0 Å². The summed E-state index contributed by atoms with van der Waals surface area (Å²) in [5, 5.41) is 8.10. The summed E-state index contributed by atoms with van der Waals surface area (Å²) < 4.78 is 11.7. The summed E-state index contributed by atoms with van der Waals surface area (Å²) in [5.74, 6) is 1.77. The molecule has 2 aromatic carbocycles. The highest BCUT2D eigenvalue weighted by Crippen LogP contribution is 2.27. The van der Waals surface area contributed by atoms with Crippen molar-refractivity contribution in [3.8, 4) is 17.2 Å². The maximum absolute atomic E-state index is 5.65. The molecule has 0 fully saturated rings. The predicted molar refractivity (Wildman–Crippen MR) is 89.4 cm³/mol. The summed E-state index contributed by atoms with van der Waals surface area (Å²) in [7, 11) is 1.65. The molecule has 0 atom stereocenters. The second-order valence-corrected chi connectivity index (χ2v) is 5.39. The Labute approximate surface area is 136 Å². The van der Waals surface area contributed by atoms with E-state index in [1.165, 1.54) is 0 Å². The van der Waals surface area contributed by atoms with E-state index in [2.05, 4.69) is 26.1 Å². The minimum absolute atomic E-state index is 0.460. The highest BCUT2D eigenvalue weighted by atomic mass is 79.9. The van der Waals surface area contributed by atoms with Crippen molar-refractivity contribution in [3.05, 3.63) is 64.5 Å². The number of halogens is 1. The Balaban J connectivity index is 1.79. The summed E-state index contributed by atoms with van der Waals surface area (Å²) in [4.78, 5) is 0. The lowest BCUT2D eigenvalue weighted by atomic mass is 10.2. The fraction of sp³-hybridized carbons (Fsp3) is 0.0588. The predicted octanol–water partition coefficient (Wildman–Crippen LogP) is 4.68. The maximum Gasteiger partial charge on any atom is 0.249 e. The normalized spacial score (nSPS) is 11.0. The summed E-state index contributed by atoms with van der Waals surface area (Å²) in [5.41, 5.74) is 1.90. The topological polar surface area (TPSA) is 48.2 Å². The molecule has 22 heavy (non-hydrogen) atoms. The van der Waals surface area contributed by atoms with Gasteiger partial charge in [0, 0.05) is 10.5 Å². The van der Waals surface area contributed by atoms with Gasteiger partial charge in [0.1, 0.15) is 5.75 Å². The minimum atomic E-state index is 0.460. The Morgan fingerprint density at radius 1 is 1.00 bits per heavy atom. The lowest BCUT2D eigenvalue weighted by Crippen LogP contribution is -1.81. The third-order valence-corrected chi connectivity index (χ3v) is 3.77. The maximum atomic E-state index is 5.65. The first-order valence-electron chi connectivity index (χ1n) is 6.67. The Kier molecular flexibility index (Phi) is 4.34. The first-order valence-corrected chi connectivity index (χ1v) is 7.46. The quantitative estimate of drug-likeness (QED) is 0.680. The Morgan fingerprint density at radius 2 is 1.77 bits per heavy atom. The number of methoxy groups -OCH3 is 1. The van der Waals surface area contributed by atoms with Crippen LogP contribution in [0.5, 0.6) is 5.75 Å². The van der Waals surface area contributed by atoms with E-state index in [1.54, 1.807) is 13.2 Å². The molecule has 0 unspecified atom stereocenters. The van der Waals surface area contributed by atoms with Crippen LogP contribution in [-0.2, 0) is 0 Å². The number of ether oxygens (including phenoxy) is 1. The molecule has 0 bridgehead atoms. The van der Waals surface area contributed by atoms with Crippen LogP contribution >= 0.6 is 15.9 Å². The van der Waals surface area contributed by atoms with Crippen molar-refractivity contribution >= 4 is 28.1 Å². The zero-order chi connectivity index (χ0) is 15.4. The van der Waals surface area contributed by atoms with Gasteiger partial charge in [-0.1, -0.05) is 24.3 Å². The first-order chi connectivity index (χ1) is 10.8. The number of nitrogens with zero attached hydrogens (tertiary/aromatic N) is 2. The van der Waals surface area contributed by atoms with Crippen LogP contribution in [0.3, 0.4) is 0 Å². The van der Waals surface area contributed by atoms with Gasteiger partial charge in [0.25, 0.3) is 0 Å². The molecule has 0 N–H and O–H groups in total. The second kappa shape index (κ2) is 6.58. The lowest BCUT2D eigenvalue weighted by Gasteiger charge is -1.98. The summed E-state index contributed by atoms with van der Waals surface area (Å²) in [6.07, 6.45) is 3.70. The summed E-state index contributed by atoms with van der Waals surface area (Å²) >= 11 is 3.47. The first kappa shape index (κ1) is 14.5. The van der Waals surface area contributed by atoms with Crippen molar-refractivity contribution in [1.82, 2.24) is 10.2 Å². The zero-order valence-corrected chi connectivity index (χ0v) is 13.4. The smallest absolute Gasteiger partial charge is 0.249 e. The van der Waals surface area contributed by atoms with Crippen LogP contribution in [0.15, 0.2) is 57.4 Å². The molecule has 3 aromatic rings. The molecule has 0 spiro atoms. The second-order valence-electron chi connectivity index (χ2n) is 4.53. The van der Waals surface area contributed by atoms with Crippen LogP contribution in [0, 0.1) is 0 Å². The van der Waals surface area contributed by atoms with Gasteiger partial charge in [-0.3, -0.25) is 0 Å². The van der Waals surface area contributed by atoms with E-state index in [0.29, 0.717) is 11.8 Å². The third-order valence-electron chi connectivity index (χ3n) is 3.08. The minimum Gasteiger partial charge on any atom is -0.497 e. The van der Waals surface area contributed by atoms with Crippen LogP contribution in [-0.4, -0.2) is 17.3 Å². The molecule has 0 aliphatic carbocycles. The van der Waals surface area contributed by atoms with Gasteiger partial charge >= 0.3 is 0 Å². The SMILES string of the molecule is COc1ccc(/C=C/c2nnc(-c3ccccc3Br)o2)cc1. The van der Waals surface area contributed by atoms with E-state index in [4.69, 9.17) is 9.15 Å². The molecule has 110 valence electrons. The molecule has 1 aromatic heterocycles. The van der Waals surface area contributed by atoms with Gasteiger partial charge in [0.05, 0.1) is 12.7 Å². The van der Waals surface area contributed by atoms with Crippen molar-refractivity contribution < 1.29 is 9.15 Å². The van der Waals surface area contributed by atoms with Crippen LogP contribution in [0.1, 0.15) is 11.5 Å². The summed E-state index contributed by atoms with van der Waals surface area (Å²) in [6.45, 7) is 0. The average molecular weight is 357 g/mol. The molecule has 4 nitrogen and oxygen atoms in total. The number of hydrogen-bond donors (Lipinski definition) is 0. The Hall–Kier alpha value is -2.40. The number of hydrogen-bond acceptors (Lipinski definition) is 4. The molecule has 0 saturated heterocycles. The standard InChI is InChI=1S/C17H13BrN2O2/c1-21-13-9-6-12(7-10-13)8-11-16-19-20-17(22-16)14-4-2-3-5-15(14)18/h2-11H,1H3/b11-8+. The van der Waals surface area contributed by atoms with Crippen LogP contribution in [0.4, 0.5) is 0 Å². The van der Waals surface area contributed by atoms with E-state index < -0.39 is 0 Å². The molecule has 5 heteroatoms. The van der Waals surface area contributed by atoms with E-state index in [0.717, 1.165) is 21.3 Å². The van der Waals surface area contributed by atoms with Gasteiger partial charge < -0.3 is 9.15 Å². The number of rotatable bonds is 4. The van der Waals surface area contributed by atoms with E-state index >= 15 is 0 Å². The molecule has 3 rings (SSSR count). The molecule has 1 heterocycles. The van der Waals surface area contributed by atoms with Gasteiger partial charge in [-0.25, -0.2) is 0 Å². The fourth-order valence-electron chi connectivity index (χ4n) is 1.93. The van der Waals surface area contributed by atoms with Gasteiger partial charge in [0.15, 0.2) is 0 Å². The van der Waals surface area contributed by atoms with Crippen LogP contribution in [0.2, 0.25) is 0 Å². The molecule has 0 aliphatic rings. The number of aromatic nitrogens is 2. The third kappa shape index (κ3) is 3.26. The lowest BCUT2D eigenvalue weighted by molar-refractivity contribution is 0.415. The molecular formula is C17H13BrN2O2. The fourth-order valence-corrected chi connectivity index (χ4v) is 2.38. The Bertz CT molecular complexity index is 794. The van der Waals surface area contributed by atoms with E-state index in [-0.39, 0.29) is 0 Å². The Morgan fingerprint density at radius 3 is 2.50 bits per heavy atom. The monoisotopic (exact) mass is 356 g/mol. The average Bonchev–Trinajstić information content (AvgIpc) is 3.02. The van der Waals surface area contributed by atoms with Gasteiger partial charge in [0.2, 0.25) is 11.8 Å². The summed E-state index contributed by atoms with van der Waals surface area (Å²) in [6, 6.07) is 15.5. The number of benzene rings is 2. The molecule has 0 saturated carbocycles. The molecule has 0 radical (unpaired) electrons. The highest BCUT2D eigenvalue weighted by Gasteiger charge is 2.09. The van der Waals surface area contributed by atoms with E-state index in [9.17, 15) is 0 Å². The largest absolute Gasteiger partial charge is 0.497 e. The molecule has 0 amide bonds. The van der Waals surface area contributed by atoms with Crippen molar-refractivity contribution in [2.24, 2.45) is 0 Å². The highest BCUT2D eigenvalue weighted by molar-refractivity contribution is 9.10. The van der Waals surface area contributed by atoms with Crippen molar-refractivity contribution in [2.45, 2.75) is 0 Å².